The summed E-state index contributed by atoms with van der Waals surface area (Å²) in [5.41, 5.74) is 1.83. The van der Waals surface area contributed by atoms with E-state index >= 15 is 0 Å². The smallest absolute Gasteiger partial charge is 0.242 e. The molecule has 0 aliphatic heterocycles. The molecule has 6 heteroatoms. The number of hydrogen-bond donors (Lipinski definition) is 0. The monoisotopic (exact) mass is 389 g/mol. The first-order valence-electron chi connectivity index (χ1n) is 7.64. The van der Waals surface area contributed by atoms with Crippen molar-refractivity contribution in [2.45, 2.75) is 13.3 Å². The number of rotatable bonds is 6. The van der Waals surface area contributed by atoms with E-state index in [1.54, 1.807) is 24.3 Å². The van der Waals surface area contributed by atoms with Gasteiger partial charge in [0.1, 0.15) is 6.54 Å². The Morgan fingerprint density at radius 1 is 1.17 bits per heavy atom. The molecular formula is C18H20BrN3O2. The SMILES string of the molecule is CC(=O)N(CC(=O)N(C)CCc1ccncc1)c1cccc(Br)c1. The second-order valence-corrected chi connectivity index (χ2v) is 6.42. The van der Waals surface area contributed by atoms with Crippen LogP contribution in [0.2, 0.25) is 0 Å². The van der Waals surface area contributed by atoms with E-state index in [1.807, 2.05) is 36.4 Å². The molecule has 2 aromatic rings. The second kappa shape index (κ2) is 8.59. The Bertz CT molecular complexity index is 706. The van der Waals surface area contributed by atoms with Crippen molar-refractivity contribution in [2.24, 2.45) is 0 Å². The van der Waals surface area contributed by atoms with Crippen LogP contribution in [0, 0.1) is 0 Å². The van der Waals surface area contributed by atoms with Gasteiger partial charge >= 0.3 is 0 Å². The van der Waals surface area contributed by atoms with Crippen molar-refractivity contribution in [1.29, 1.82) is 0 Å². The van der Waals surface area contributed by atoms with Crippen LogP contribution in [0.5, 0.6) is 0 Å². The maximum absolute atomic E-state index is 12.4. The van der Waals surface area contributed by atoms with Crippen LogP contribution in [-0.4, -0.2) is 41.8 Å². The van der Waals surface area contributed by atoms with Crippen LogP contribution >= 0.6 is 15.9 Å². The molecule has 5 nitrogen and oxygen atoms in total. The Kier molecular flexibility index (Phi) is 6.49. The Morgan fingerprint density at radius 3 is 2.50 bits per heavy atom. The number of nitrogens with zero attached hydrogens (tertiary/aromatic N) is 3. The fourth-order valence-corrected chi connectivity index (χ4v) is 2.64. The van der Waals surface area contributed by atoms with Crippen molar-refractivity contribution < 1.29 is 9.59 Å². The zero-order valence-corrected chi connectivity index (χ0v) is 15.4. The number of pyridine rings is 1. The van der Waals surface area contributed by atoms with Crippen molar-refractivity contribution in [3.8, 4) is 0 Å². The molecule has 2 rings (SSSR count). The molecule has 24 heavy (non-hydrogen) atoms. The lowest BCUT2D eigenvalue weighted by Crippen LogP contribution is -2.41. The van der Waals surface area contributed by atoms with Gasteiger partial charge in [-0.1, -0.05) is 22.0 Å². The lowest BCUT2D eigenvalue weighted by Gasteiger charge is -2.24. The number of likely N-dealkylation sites (N-methyl/N-ethyl adjacent to an activating group) is 1. The molecule has 0 saturated heterocycles. The zero-order valence-electron chi connectivity index (χ0n) is 13.8. The molecule has 126 valence electrons. The van der Waals surface area contributed by atoms with Crippen LogP contribution < -0.4 is 4.90 Å². The molecule has 0 aliphatic rings. The van der Waals surface area contributed by atoms with Crippen LogP contribution in [0.1, 0.15) is 12.5 Å². The molecule has 0 spiro atoms. The molecule has 0 unspecified atom stereocenters. The van der Waals surface area contributed by atoms with Gasteiger partial charge in [0.25, 0.3) is 0 Å². The van der Waals surface area contributed by atoms with Gasteiger partial charge in [0, 0.05) is 43.1 Å². The normalized spacial score (nSPS) is 10.3. The van der Waals surface area contributed by atoms with E-state index in [2.05, 4.69) is 20.9 Å². The maximum atomic E-state index is 12.4. The summed E-state index contributed by atoms with van der Waals surface area (Å²) in [5.74, 6) is -0.261. The predicted molar refractivity (Wildman–Crippen MR) is 97.7 cm³/mol. The van der Waals surface area contributed by atoms with E-state index in [-0.39, 0.29) is 18.4 Å². The van der Waals surface area contributed by atoms with Gasteiger partial charge in [-0.05, 0) is 42.3 Å². The lowest BCUT2D eigenvalue weighted by molar-refractivity contribution is -0.130. The maximum Gasteiger partial charge on any atom is 0.242 e. The molecule has 0 atom stereocenters. The number of benzene rings is 1. The fraction of sp³-hybridized carbons (Fsp3) is 0.278. The topological polar surface area (TPSA) is 53.5 Å². The van der Waals surface area contributed by atoms with Crippen LogP contribution in [-0.2, 0) is 16.0 Å². The van der Waals surface area contributed by atoms with Crippen molar-refractivity contribution in [2.75, 3.05) is 25.0 Å². The Morgan fingerprint density at radius 2 is 1.88 bits per heavy atom. The molecule has 0 saturated carbocycles. The van der Waals surface area contributed by atoms with E-state index in [0.29, 0.717) is 12.2 Å². The molecule has 0 fully saturated rings. The minimum absolute atomic E-state index is 0.0264. The third-order valence-corrected chi connectivity index (χ3v) is 4.20. The number of amides is 2. The quantitative estimate of drug-likeness (QED) is 0.762. The van der Waals surface area contributed by atoms with E-state index in [0.717, 1.165) is 16.5 Å². The highest BCUT2D eigenvalue weighted by Gasteiger charge is 2.18. The first kappa shape index (κ1) is 18.1. The van der Waals surface area contributed by atoms with Crippen molar-refractivity contribution in [3.63, 3.8) is 0 Å². The van der Waals surface area contributed by atoms with Gasteiger partial charge < -0.3 is 9.80 Å². The first-order valence-corrected chi connectivity index (χ1v) is 8.43. The van der Waals surface area contributed by atoms with Gasteiger partial charge in [0.2, 0.25) is 11.8 Å². The van der Waals surface area contributed by atoms with Crippen LogP contribution in [0.3, 0.4) is 0 Å². The minimum atomic E-state index is -0.163. The summed E-state index contributed by atoms with van der Waals surface area (Å²) in [6.45, 7) is 2.08. The minimum Gasteiger partial charge on any atom is -0.344 e. The van der Waals surface area contributed by atoms with E-state index < -0.39 is 0 Å². The largest absolute Gasteiger partial charge is 0.344 e. The van der Waals surface area contributed by atoms with Gasteiger partial charge in [-0.2, -0.15) is 0 Å². The number of carbonyl (C=O) groups is 2. The van der Waals surface area contributed by atoms with Crippen molar-refractivity contribution >= 4 is 33.4 Å². The van der Waals surface area contributed by atoms with Gasteiger partial charge in [0.05, 0.1) is 0 Å². The van der Waals surface area contributed by atoms with Gasteiger partial charge in [-0.3, -0.25) is 14.6 Å². The third kappa shape index (κ3) is 5.16. The summed E-state index contributed by atoms with van der Waals surface area (Å²) in [4.78, 5) is 31.5. The first-order chi connectivity index (χ1) is 11.5. The van der Waals surface area contributed by atoms with Gasteiger partial charge in [0.15, 0.2) is 0 Å². The molecular weight excluding hydrogens is 370 g/mol. The number of carbonyl (C=O) groups excluding carboxylic acids is 2. The van der Waals surface area contributed by atoms with Crippen molar-refractivity contribution in [3.05, 3.63) is 58.8 Å². The van der Waals surface area contributed by atoms with Crippen LogP contribution in [0.25, 0.3) is 0 Å². The van der Waals surface area contributed by atoms with Crippen LogP contribution in [0.15, 0.2) is 53.3 Å². The molecule has 1 heterocycles. The summed E-state index contributed by atoms with van der Waals surface area (Å²) in [6, 6.07) is 11.2. The zero-order chi connectivity index (χ0) is 17.5. The summed E-state index contributed by atoms with van der Waals surface area (Å²) in [7, 11) is 1.75. The number of hydrogen-bond acceptors (Lipinski definition) is 3. The molecule has 1 aromatic carbocycles. The highest BCUT2D eigenvalue weighted by Crippen LogP contribution is 2.20. The van der Waals surface area contributed by atoms with E-state index in [4.69, 9.17) is 0 Å². The average molecular weight is 390 g/mol. The number of anilines is 1. The summed E-state index contributed by atoms with van der Waals surface area (Å²) in [6.07, 6.45) is 4.23. The van der Waals surface area contributed by atoms with Crippen LogP contribution in [0.4, 0.5) is 5.69 Å². The second-order valence-electron chi connectivity index (χ2n) is 5.51. The molecule has 0 radical (unpaired) electrons. The van der Waals surface area contributed by atoms with E-state index in [9.17, 15) is 9.59 Å². The molecule has 0 aliphatic carbocycles. The third-order valence-electron chi connectivity index (χ3n) is 3.70. The highest BCUT2D eigenvalue weighted by atomic mass is 79.9. The van der Waals surface area contributed by atoms with Gasteiger partial charge in [-0.25, -0.2) is 0 Å². The Hall–Kier alpha value is -2.21. The average Bonchev–Trinajstić information content (AvgIpc) is 2.57. The Balaban J connectivity index is 1.98. The summed E-state index contributed by atoms with van der Waals surface area (Å²) < 4.78 is 0.866. The molecule has 1 aromatic heterocycles. The Labute approximate surface area is 150 Å². The predicted octanol–water partition coefficient (Wildman–Crippen LogP) is 2.90. The standard InChI is InChI=1S/C18H20BrN3O2/c1-14(23)22(17-5-3-4-16(19)12-17)13-18(24)21(2)11-8-15-6-9-20-10-7-15/h3-7,9-10,12H,8,11,13H2,1-2H3. The molecule has 0 N–H and O–H groups in total. The van der Waals surface area contributed by atoms with Crippen molar-refractivity contribution in [1.82, 2.24) is 9.88 Å². The highest BCUT2D eigenvalue weighted by molar-refractivity contribution is 9.10. The fourth-order valence-electron chi connectivity index (χ4n) is 2.26. The number of halogens is 1. The molecule has 2 amide bonds. The van der Waals surface area contributed by atoms with E-state index in [1.165, 1.54) is 11.8 Å². The van der Waals surface area contributed by atoms with Gasteiger partial charge in [-0.15, -0.1) is 0 Å². The summed E-state index contributed by atoms with van der Waals surface area (Å²) in [5, 5.41) is 0. The lowest BCUT2D eigenvalue weighted by atomic mass is 10.2. The summed E-state index contributed by atoms with van der Waals surface area (Å²) >= 11 is 3.39. The number of aromatic nitrogens is 1. The molecule has 0 bridgehead atoms.